The van der Waals surface area contributed by atoms with Crippen molar-refractivity contribution in [1.82, 2.24) is 10.2 Å². The van der Waals surface area contributed by atoms with Crippen LogP contribution in [0, 0.1) is 5.92 Å². The summed E-state index contributed by atoms with van der Waals surface area (Å²) in [6, 6.07) is 0. The molecule has 116 valence electrons. The molecule has 5 nitrogen and oxygen atoms in total. The van der Waals surface area contributed by atoms with Gasteiger partial charge in [0.25, 0.3) is 5.91 Å². The van der Waals surface area contributed by atoms with Crippen LogP contribution in [0.5, 0.6) is 0 Å². The number of nitrogens with one attached hydrogen (secondary N) is 1. The number of hydrogen-bond donors (Lipinski definition) is 1. The molecular formula is C15H28N2O3. The lowest BCUT2D eigenvalue weighted by Gasteiger charge is -2.34. The molecule has 3 unspecified atom stereocenters. The summed E-state index contributed by atoms with van der Waals surface area (Å²) in [6.45, 7) is 5.93. The van der Waals surface area contributed by atoms with E-state index in [9.17, 15) is 4.79 Å². The summed E-state index contributed by atoms with van der Waals surface area (Å²) in [7, 11) is 1.97. The summed E-state index contributed by atoms with van der Waals surface area (Å²) in [5.74, 6) is 0.701. The summed E-state index contributed by atoms with van der Waals surface area (Å²) in [4.78, 5) is 14.4. The fourth-order valence-electron chi connectivity index (χ4n) is 3.08. The smallest absolute Gasteiger partial charge is 0.251 e. The van der Waals surface area contributed by atoms with Gasteiger partial charge < -0.3 is 19.7 Å². The van der Waals surface area contributed by atoms with E-state index in [4.69, 9.17) is 9.47 Å². The Morgan fingerprint density at radius 3 is 3.00 bits per heavy atom. The number of carbonyl (C=O) groups is 1. The van der Waals surface area contributed by atoms with Gasteiger partial charge in [0.15, 0.2) is 0 Å². The van der Waals surface area contributed by atoms with Gasteiger partial charge >= 0.3 is 0 Å². The lowest BCUT2D eigenvalue weighted by atomic mass is 9.97. The Bertz CT molecular complexity index is 303. The van der Waals surface area contributed by atoms with Crippen LogP contribution in [-0.4, -0.2) is 62.9 Å². The topological polar surface area (TPSA) is 50.8 Å². The van der Waals surface area contributed by atoms with Crippen molar-refractivity contribution in [3.63, 3.8) is 0 Å². The van der Waals surface area contributed by atoms with Crippen molar-refractivity contribution in [2.45, 2.75) is 44.8 Å². The molecule has 0 bridgehead atoms. The summed E-state index contributed by atoms with van der Waals surface area (Å²) in [5.41, 5.74) is 0. The van der Waals surface area contributed by atoms with Gasteiger partial charge in [0.1, 0.15) is 6.10 Å². The fourth-order valence-corrected chi connectivity index (χ4v) is 3.08. The Balaban J connectivity index is 1.73. The first-order valence-corrected chi connectivity index (χ1v) is 7.87. The Hall–Kier alpha value is -0.650. The van der Waals surface area contributed by atoms with Crippen LogP contribution in [0.4, 0.5) is 0 Å². The molecule has 2 fully saturated rings. The van der Waals surface area contributed by atoms with E-state index in [-0.39, 0.29) is 18.1 Å². The van der Waals surface area contributed by atoms with Gasteiger partial charge in [-0.15, -0.1) is 0 Å². The molecule has 2 rings (SSSR count). The maximum Gasteiger partial charge on any atom is 0.251 e. The van der Waals surface area contributed by atoms with Crippen molar-refractivity contribution in [2.75, 3.05) is 39.9 Å². The van der Waals surface area contributed by atoms with Crippen molar-refractivity contribution in [1.29, 1.82) is 0 Å². The second kappa shape index (κ2) is 7.96. The Morgan fingerprint density at radius 2 is 2.30 bits per heavy atom. The van der Waals surface area contributed by atoms with E-state index >= 15 is 0 Å². The second-order valence-electron chi connectivity index (χ2n) is 5.96. The lowest BCUT2D eigenvalue weighted by Crippen LogP contribution is -2.46. The molecule has 0 aliphatic carbocycles. The number of rotatable bonds is 6. The number of carbonyl (C=O) groups excluding carboxylic acids is 1. The maximum absolute atomic E-state index is 12.4. The SMILES string of the molecule is CNCC1CCCN(C(=O)C(C)OCC2CCCO2)C1. The second-order valence-corrected chi connectivity index (χ2v) is 5.96. The molecular weight excluding hydrogens is 256 g/mol. The minimum atomic E-state index is -0.354. The molecule has 1 amide bonds. The van der Waals surface area contributed by atoms with Crippen LogP contribution in [0.15, 0.2) is 0 Å². The first-order chi connectivity index (χ1) is 9.70. The van der Waals surface area contributed by atoms with Gasteiger partial charge in [0, 0.05) is 19.7 Å². The average molecular weight is 284 g/mol. The van der Waals surface area contributed by atoms with Gasteiger partial charge in [-0.05, 0) is 52.1 Å². The minimum absolute atomic E-state index is 0.129. The first kappa shape index (κ1) is 15.7. The van der Waals surface area contributed by atoms with Crippen molar-refractivity contribution in [3.8, 4) is 0 Å². The minimum Gasteiger partial charge on any atom is -0.376 e. The Morgan fingerprint density at radius 1 is 1.45 bits per heavy atom. The molecule has 20 heavy (non-hydrogen) atoms. The maximum atomic E-state index is 12.4. The zero-order chi connectivity index (χ0) is 14.4. The zero-order valence-electron chi connectivity index (χ0n) is 12.8. The molecule has 0 aromatic heterocycles. The molecule has 1 N–H and O–H groups in total. The number of likely N-dealkylation sites (tertiary alicyclic amines) is 1. The summed E-state index contributed by atoms with van der Waals surface area (Å²) in [5, 5.41) is 3.20. The predicted molar refractivity (Wildman–Crippen MR) is 77.6 cm³/mol. The first-order valence-electron chi connectivity index (χ1n) is 7.87. The molecule has 0 aromatic carbocycles. The van der Waals surface area contributed by atoms with Crippen molar-refractivity contribution in [2.24, 2.45) is 5.92 Å². The van der Waals surface area contributed by atoms with E-state index < -0.39 is 0 Å². The largest absolute Gasteiger partial charge is 0.376 e. The lowest BCUT2D eigenvalue weighted by molar-refractivity contribution is -0.146. The molecule has 3 atom stereocenters. The molecule has 0 spiro atoms. The van der Waals surface area contributed by atoms with E-state index in [1.165, 1.54) is 6.42 Å². The van der Waals surface area contributed by atoms with Crippen LogP contribution in [-0.2, 0) is 14.3 Å². The third kappa shape index (κ3) is 4.43. The molecule has 0 radical (unpaired) electrons. The highest BCUT2D eigenvalue weighted by Gasteiger charge is 2.27. The standard InChI is InChI=1S/C15H28N2O3/c1-12(20-11-14-6-4-8-19-14)15(18)17-7-3-5-13(10-17)9-16-2/h12-14,16H,3-11H2,1-2H3. The van der Waals surface area contributed by atoms with Crippen molar-refractivity contribution < 1.29 is 14.3 Å². The van der Waals surface area contributed by atoms with Crippen LogP contribution in [0.25, 0.3) is 0 Å². The van der Waals surface area contributed by atoms with E-state index in [1.54, 1.807) is 0 Å². The van der Waals surface area contributed by atoms with E-state index in [0.29, 0.717) is 12.5 Å². The molecule has 2 aliphatic rings. The normalized spacial score (nSPS) is 28.6. The average Bonchev–Trinajstić information content (AvgIpc) is 2.98. The highest BCUT2D eigenvalue weighted by atomic mass is 16.5. The number of hydrogen-bond acceptors (Lipinski definition) is 4. The number of piperidine rings is 1. The summed E-state index contributed by atoms with van der Waals surface area (Å²) >= 11 is 0. The molecule has 5 heteroatoms. The molecule has 2 heterocycles. The van der Waals surface area contributed by atoms with Crippen LogP contribution in [0.2, 0.25) is 0 Å². The van der Waals surface area contributed by atoms with Gasteiger partial charge in [-0.25, -0.2) is 0 Å². The number of amides is 1. The number of nitrogens with zero attached hydrogens (tertiary/aromatic N) is 1. The fraction of sp³-hybridized carbons (Fsp3) is 0.933. The zero-order valence-corrected chi connectivity index (χ0v) is 12.8. The van der Waals surface area contributed by atoms with Gasteiger partial charge in [-0.3, -0.25) is 4.79 Å². The van der Waals surface area contributed by atoms with Crippen LogP contribution < -0.4 is 5.32 Å². The van der Waals surface area contributed by atoms with Crippen LogP contribution in [0.3, 0.4) is 0 Å². The van der Waals surface area contributed by atoms with Crippen LogP contribution in [0.1, 0.15) is 32.6 Å². The quantitative estimate of drug-likeness (QED) is 0.791. The Kier molecular flexibility index (Phi) is 6.26. The number of ether oxygens (including phenoxy) is 2. The predicted octanol–water partition coefficient (Wildman–Crippen LogP) is 1.03. The van der Waals surface area contributed by atoms with Crippen molar-refractivity contribution in [3.05, 3.63) is 0 Å². The third-order valence-electron chi connectivity index (χ3n) is 4.23. The molecule has 2 aliphatic heterocycles. The molecule has 2 saturated heterocycles. The highest BCUT2D eigenvalue weighted by molar-refractivity contribution is 5.80. The van der Waals surface area contributed by atoms with E-state index in [0.717, 1.165) is 45.5 Å². The Labute approximate surface area is 122 Å². The van der Waals surface area contributed by atoms with E-state index in [1.807, 2.05) is 18.9 Å². The summed E-state index contributed by atoms with van der Waals surface area (Å²) in [6.07, 6.45) is 4.28. The van der Waals surface area contributed by atoms with Gasteiger partial charge in [-0.2, -0.15) is 0 Å². The van der Waals surface area contributed by atoms with Gasteiger partial charge in [-0.1, -0.05) is 0 Å². The monoisotopic (exact) mass is 284 g/mol. The van der Waals surface area contributed by atoms with Gasteiger partial charge in [0.05, 0.1) is 12.7 Å². The molecule has 0 saturated carbocycles. The van der Waals surface area contributed by atoms with Crippen LogP contribution >= 0.6 is 0 Å². The van der Waals surface area contributed by atoms with E-state index in [2.05, 4.69) is 5.32 Å². The summed E-state index contributed by atoms with van der Waals surface area (Å²) < 4.78 is 11.2. The van der Waals surface area contributed by atoms with Crippen molar-refractivity contribution >= 4 is 5.91 Å². The molecule has 0 aromatic rings. The third-order valence-corrected chi connectivity index (χ3v) is 4.23. The highest BCUT2D eigenvalue weighted by Crippen LogP contribution is 2.18. The van der Waals surface area contributed by atoms with Gasteiger partial charge in [0.2, 0.25) is 0 Å².